The molecule has 0 aliphatic carbocycles. The highest BCUT2D eigenvalue weighted by atomic mass is 79.9. The highest BCUT2D eigenvalue weighted by Gasteiger charge is 2.13. The van der Waals surface area contributed by atoms with Crippen LogP contribution in [0.3, 0.4) is 0 Å². The Labute approximate surface area is 153 Å². The number of aryl methyl sites for hydroxylation is 2. The minimum absolute atomic E-state index is 0.267. The van der Waals surface area contributed by atoms with Crippen molar-refractivity contribution in [3.8, 4) is 11.5 Å². The van der Waals surface area contributed by atoms with E-state index < -0.39 is 0 Å². The zero-order valence-electron chi connectivity index (χ0n) is 13.3. The smallest absolute Gasteiger partial charge is 0.310 e. The molecule has 0 fully saturated rings. The number of halogens is 2. The number of hydrogen-bond donors (Lipinski definition) is 0. The molecule has 0 unspecified atom stereocenters. The van der Waals surface area contributed by atoms with Crippen molar-refractivity contribution in [2.45, 2.75) is 33.8 Å². The van der Waals surface area contributed by atoms with Gasteiger partial charge in [-0.1, -0.05) is 28.9 Å². The molecule has 2 rings (SSSR count). The molecule has 0 spiro atoms. The van der Waals surface area contributed by atoms with Gasteiger partial charge >= 0.3 is 5.97 Å². The molecule has 0 amide bonds. The van der Waals surface area contributed by atoms with Crippen LogP contribution in [0.15, 0.2) is 39.3 Å². The Balaban J connectivity index is 2.23. The quantitative estimate of drug-likeness (QED) is 0.439. The molecule has 2 aromatic carbocycles. The maximum atomic E-state index is 11.6. The number of carbonyl (C=O) groups excluding carboxylic acids is 1. The predicted octanol–water partition coefficient (Wildman–Crippen LogP) is 5.72. The number of rotatable bonds is 5. The van der Waals surface area contributed by atoms with E-state index in [2.05, 4.69) is 38.8 Å². The second-order valence-corrected chi connectivity index (χ2v) is 6.91. The van der Waals surface area contributed by atoms with Crippen LogP contribution in [0.25, 0.3) is 0 Å². The molecule has 5 heteroatoms. The third-order valence-electron chi connectivity index (χ3n) is 3.51. The number of benzene rings is 2. The second-order valence-electron chi connectivity index (χ2n) is 5.20. The first-order valence-electron chi connectivity index (χ1n) is 7.30. The Morgan fingerprint density at radius 2 is 1.74 bits per heavy atom. The van der Waals surface area contributed by atoms with E-state index >= 15 is 0 Å². The maximum Gasteiger partial charge on any atom is 0.310 e. The Morgan fingerprint density at radius 3 is 2.43 bits per heavy atom. The fraction of sp³-hybridized carbons (Fsp3) is 0.278. The van der Waals surface area contributed by atoms with Crippen LogP contribution < -0.4 is 9.47 Å². The number of esters is 1. The molecule has 3 nitrogen and oxygen atoms in total. The van der Waals surface area contributed by atoms with E-state index in [1.165, 1.54) is 5.56 Å². The average molecular weight is 442 g/mol. The van der Waals surface area contributed by atoms with Crippen molar-refractivity contribution in [3.63, 3.8) is 0 Å². The first-order chi connectivity index (χ1) is 10.9. The summed E-state index contributed by atoms with van der Waals surface area (Å²) >= 11 is 7.02. The summed E-state index contributed by atoms with van der Waals surface area (Å²) in [4.78, 5) is 11.6. The molecule has 0 aromatic heterocycles. The lowest BCUT2D eigenvalue weighted by atomic mass is 10.1. The van der Waals surface area contributed by atoms with Gasteiger partial charge in [0, 0.05) is 16.5 Å². The van der Waals surface area contributed by atoms with E-state index in [0.717, 1.165) is 25.8 Å². The summed E-state index contributed by atoms with van der Waals surface area (Å²) in [5.74, 6) is 1.01. The molecule has 0 heterocycles. The summed E-state index contributed by atoms with van der Waals surface area (Å²) in [6.07, 6.45) is 0.329. The highest BCUT2D eigenvalue weighted by molar-refractivity contribution is 9.10. The summed E-state index contributed by atoms with van der Waals surface area (Å²) < 4.78 is 13.1. The van der Waals surface area contributed by atoms with Crippen molar-refractivity contribution in [1.82, 2.24) is 0 Å². The van der Waals surface area contributed by atoms with Gasteiger partial charge in [0.2, 0.25) is 0 Å². The van der Waals surface area contributed by atoms with Gasteiger partial charge in [0.05, 0.1) is 4.47 Å². The molecule has 122 valence electrons. The van der Waals surface area contributed by atoms with Gasteiger partial charge in [-0.3, -0.25) is 4.79 Å². The standard InChI is InChI=1S/C18H18Br2O3/c1-4-18(21)23-16-7-5-6-14(19)13(16)10-22-17-9-12(3)11(2)8-15(17)20/h5-9H,4,10H2,1-3H3. The molecule has 23 heavy (non-hydrogen) atoms. The van der Waals surface area contributed by atoms with E-state index in [1.807, 2.05) is 31.2 Å². The largest absolute Gasteiger partial charge is 0.488 e. The molecule has 0 aliphatic heterocycles. The van der Waals surface area contributed by atoms with Gasteiger partial charge in [-0.05, 0) is 65.2 Å². The van der Waals surface area contributed by atoms with Crippen LogP contribution in [0.1, 0.15) is 30.0 Å². The van der Waals surface area contributed by atoms with Gasteiger partial charge < -0.3 is 9.47 Å². The SMILES string of the molecule is CCC(=O)Oc1cccc(Br)c1COc1cc(C)c(C)cc1Br. The van der Waals surface area contributed by atoms with Crippen LogP contribution >= 0.6 is 31.9 Å². The van der Waals surface area contributed by atoms with Crippen LogP contribution in [0, 0.1) is 13.8 Å². The Kier molecular flexibility index (Phi) is 6.25. The zero-order chi connectivity index (χ0) is 17.0. The van der Waals surface area contributed by atoms with Gasteiger partial charge in [0.1, 0.15) is 18.1 Å². The topological polar surface area (TPSA) is 35.5 Å². The third kappa shape index (κ3) is 4.58. The molecular formula is C18H18Br2O3. The lowest BCUT2D eigenvalue weighted by Gasteiger charge is -2.14. The normalized spacial score (nSPS) is 10.5. The predicted molar refractivity (Wildman–Crippen MR) is 98.0 cm³/mol. The fourth-order valence-corrected chi connectivity index (χ4v) is 3.02. The van der Waals surface area contributed by atoms with Gasteiger partial charge in [-0.2, -0.15) is 0 Å². The van der Waals surface area contributed by atoms with Crippen molar-refractivity contribution in [3.05, 3.63) is 56.0 Å². The van der Waals surface area contributed by atoms with Crippen molar-refractivity contribution < 1.29 is 14.3 Å². The molecule has 0 aliphatic rings. The van der Waals surface area contributed by atoms with Crippen molar-refractivity contribution in [2.24, 2.45) is 0 Å². The van der Waals surface area contributed by atoms with E-state index in [-0.39, 0.29) is 5.97 Å². The van der Waals surface area contributed by atoms with E-state index in [9.17, 15) is 4.79 Å². The second kappa shape index (κ2) is 7.97. The lowest BCUT2D eigenvalue weighted by molar-refractivity contribution is -0.134. The molecule has 2 aromatic rings. The van der Waals surface area contributed by atoms with Crippen LogP contribution in [0.5, 0.6) is 11.5 Å². The molecule has 0 saturated carbocycles. The zero-order valence-corrected chi connectivity index (χ0v) is 16.5. The van der Waals surface area contributed by atoms with Gasteiger partial charge in [-0.25, -0.2) is 0 Å². The van der Waals surface area contributed by atoms with Crippen LogP contribution in [-0.2, 0) is 11.4 Å². The molecule has 0 N–H and O–H groups in total. The Morgan fingerprint density at radius 1 is 1.04 bits per heavy atom. The van der Waals surface area contributed by atoms with Crippen LogP contribution in [0.4, 0.5) is 0 Å². The first-order valence-corrected chi connectivity index (χ1v) is 8.88. The van der Waals surface area contributed by atoms with Gasteiger partial charge in [0.15, 0.2) is 0 Å². The number of carbonyl (C=O) groups is 1. The summed E-state index contributed by atoms with van der Waals surface area (Å²) in [6.45, 7) is 6.17. The van der Waals surface area contributed by atoms with E-state index in [1.54, 1.807) is 13.0 Å². The summed E-state index contributed by atoms with van der Waals surface area (Å²) in [5, 5.41) is 0. The van der Waals surface area contributed by atoms with E-state index in [0.29, 0.717) is 18.8 Å². The number of ether oxygens (including phenoxy) is 2. The Hall–Kier alpha value is -1.33. The third-order valence-corrected chi connectivity index (χ3v) is 4.87. The molecule has 0 bridgehead atoms. The lowest BCUT2D eigenvalue weighted by Crippen LogP contribution is -2.09. The highest BCUT2D eigenvalue weighted by Crippen LogP contribution is 2.32. The maximum absolute atomic E-state index is 11.6. The van der Waals surface area contributed by atoms with Gasteiger partial charge in [0.25, 0.3) is 0 Å². The molecule has 0 atom stereocenters. The fourth-order valence-electron chi connectivity index (χ4n) is 1.98. The minimum Gasteiger partial charge on any atom is -0.488 e. The van der Waals surface area contributed by atoms with Crippen LogP contribution in [0.2, 0.25) is 0 Å². The summed E-state index contributed by atoms with van der Waals surface area (Å²) in [5.41, 5.74) is 3.16. The number of hydrogen-bond acceptors (Lipinski definition) is 3. The monoisotopic (exact) mass is 440 g/mol. The molecular weight excluding hydrogens is 424 g/mol. The Bertz CT molecular complexity index is 726. The van der Waals surface area contributed by atoms with Crippen molar-refractivity contribution in [2.75, 3.05) is 0 Å². The summed E-state index contributed by atoms with van der Waals surface area (Å²) in [7, 11) is 0. The first kappa shape index (κ1) is 18.0. The van der Waals surface area contributed by atoms with Crippen molar-refractivity contribution in [1.29, 1.82) is 0 Å². The minimum atomic E-state index is -0.267. The average Bonchev–Trinajstić information content (AvgIpc) is 2.51. The molecule has 0 saturated heterocycles. The summed E-state index contributed by atoms with van der Waals surface area (Å²) in [6, 6.07) is 9.53. The molecule has 0 radical (unpaired) electrons. The van der Waals surface area contributed by atoms with E-state index in [4.69, 9.17) is 9.47 Å². The van der Waals surface area contributed by atoms with Gasteiger partial charge in [-0.15, -0.1) is 0 Å². The van der Waals surface area contributed by atoms with Crippen molar-refractivity contribution >= 4 is 37.8 Å². The van der Waals surface area contributed by atoms with Crippen LogP contribution in [-0.4, -0.2) is 5.97 Å².